The van der Waals surface area contributed by atoms with E-state index in [2.05, 4.69) is 13.0 Å². The van der Waals surface area contributed by atoms with Gasteiger partial charge >= 0.3 is 0 Å². The van der Waals surface area contributed by atoms with Gasteiger partial charge in [0.15, 0.2) is 0 Å². The highest BCUT2D eigenvalue weighted by atomic mass is 16.5. The summed E-state index contributed by atoms with van der Waals surface area (Å²) in [6.07, 6.45) is 8.29. The average molecular weight is 240 g/mol. The third kappa shape index (κ3) is 10.3. The summed E-state index contributed by atoms with van der Waals surface area (Å²) < 4.78 is 5.66. The highest BCUT2D eigenvalue weighted by molar-refractivity contribution is 5.01. The third-order valence-electron chi connectivity index (χ3n) is 2.87. The highest BCUT2D eigenvalue weighted by Crippen LogP contribution is 2.11. The van der Waals surface area contributed by atoms with Crippen molar-refractivity contribution in [3.8, 4) is 6.07 Å². The van der Waals surface area contributed by atoms with Gasteiger partial charge in [0.1, 0.15) is 5.54 Å². The summed E-state index contributed by atoms with van der Waals surface area (Å²) in [4.78, 5) is 0. The first kappa shape index (κ1) is 16.4. The minimum Gasteiger partial charge on any atom is -0.378 e. The lowest BCUT2D eigenvalue weighted by atomic mass is 9.98. The molecule has 0 aromatic rings. The molecular weight excluding hydrogens is 212 g/mol. The van der Waals surface area contributed by atoms with Crippen molar-refractivity contribution in [1.29, 1.82) is 5.26 Å². The Balaban J connectivity index is 3.40. The lowest BCUT2D eigenvalue weighted by Crippen LogP contribution is -2.38. The average Bonchev–Trinajstić information content (AvgIpc) is 2.27. The number of hydrogen-bond acceptors (Lipinski definition) is 3. The molecule has 3 heteroatoms. The Kier molecular flexibility index (Phi) is 9.11. The van der Waals surface area contributed by atoms with Gasteiger partial charge in [0.25, 0.3) is 0 Å². The molecule has 0 aromatic heterocycles. The molecule has 0 aromatic carbocycles. The Morgan fingerprint density at radius 2 is 1.82 bits per heavy atom. The monoisotopic (exact) mass is 240 g/mol. The largest absolute Gasteiger partial charge is 0.378 e. The lowest BCUT2D eigenvalue weighted by molar-refractivity contribution is 0.0490. The zero-order valence-corrected chi connectivity index (χ0v) is 11.7. The van der Waals surface area contributed by atoms with E-state index in [0.29, 0.717) is 6.42 Å². The summed E-state index contributed by atoms with van der Waals surface area (Å²) in [5, 5.41) is 8.80. The van der Waals surface area contributed by atoms with Gasteiger partial charge in [0, 0.05) is 13.0 Å². The molecule has 0 fully saturated rings. The Morgan fingerprint density at radius 3 is 2.41 bits per heavy atom. The van der Waals surface area contributed by atoms with Crippen LogP contribution in [0.25, 0.3) is 0 Å². The normalized spacial score (nSPS) is 16.2. The van der Waals surface area contributed by atoms with Crippen LogP contribution < -0.4 is 5.73 Å². The first-order valence-electron chi connectivity index (χ1n) is 6.83. The number of nitrogens with zero attached hydrogens (tertiary/aromatic N) is 1. The fourth-order valence-electron chi connectivity index (χ4n) is 1.87. The van der Waals surface area contributed by atoms with Crippen LogP contribution in [0, 0.1) is 11.3 Å². The molecule has 3 nitrogen and oxygen atoms in total. The standard InChI is InChI=1S/C14H28N2O/c1-4-5-6-7-8-9-10-17-13(2)11-14(3,16)12-15/h13H,4-11,16H2,1-3H3. The Bertz CT molecular complexity index is 221. The van der Waals surface area contributed by atoms with E-state index in [9.17, 15) is 0 Å². The van der Waals surface area contributed by atoms with Gasteiger partial charge < -0.3 is 10.5 Å². The van der Waals surface area contributed by atoms with Crippen molar-refractivity contribution in [2.45, 2.75) is 77.4 Å². The summed E-state index contributed by atoms with van der Waals surface area (Å²) in [6, 6.07) is 2.09. The van der Waals surface area contributed by atoms with Crippen molar-refractivity contribution in [2.24, 2.45) is 5.73 Å². The molecule has 2 N–H and O–H groups in total. The number of ether oxygens (including phenoxy) is 1. The molecule has 100 valence electrons. The van der Waals surface area contributed by atoms with Crippen LogP contribution in [0.15, 0.2) is 0 Å². The summed E-state index contributed by atoms with van der Waals surface area (Å²) >= 11 is 0. The molecule has 0 rings (SSSR count). The molecule has 0 saturated heterocycles. The molecule has 2 unspecified atom stereocenters. The molecule has 0 aliphatic heterocycles. The highest BCUT2D eigenvalue weighted by Gasteiger charge is 2.20. The van der Waals surface area contributed by atoms with Gasteiger partial charge in [-0.2, -0.15) is 5.26 Å². The van der Waals surface area contributed by atoms with Gasteiger partial charge in [-0.3, -0.25) is 0 Å². The second-order valence-corrected chi connectivity index (χ2v) is 5.18. The molecule has 17 heavy (non-hydrogen) atoms. The Morgan fingerprint density at radius 1 is 1.24 bits per heavy atom. The SMILES string of the molecule is CCCCCCCCOC(C)CC(C)(N)C#N. The predicted octanol–water partition coefficient (Wildman–Crippen LogP) is 3.38. The minimum atomic E-state index is -0.763. The van der Waals surface area contributed by atoms with Gasteiger partial charge in [-0.1, -0.05) is 39.0 Å². The van der Waals surface area contributed by atoms with E-state index in [0.717, 1.165) is 13.0 Å². The van der Waals surface area contributed by atoms with E-state index in [-0.39, 0.29) is 6.10 Å². The van der Waals surface area contributed by atoms with Crippen molar-refractivity contribution in [3.63, 3.8) is 0 Å². The maximum Gasteiger partial charge on any atom is 0.103 e. The molecule has 0 bridgehead atoms. The van der Waals surface area contributed by atoms with Crippen LogP contribution in [0.1, 0.15) is 65.7 Å². The van der Waals surface area contributed by atoms with Crippen LogP contribution in [0.2, 0.25) is 0 Å². The van der Waals surface area contributed by atoms with Gasteiger partial charge in [-0.15, -0.1) is 0 Å². The number of rotatable bonds is 10. The molecule has 0 heterocycles. The fraction of sp³-hybridized carbons (Fsp3) is 0.929. The Hall–Kier alpha value is -0.590. The second kappa shape index (κ2) is 9.44. The maximum atomic E-state index is 8.80. The molecule has 0 radical (unpaired) electrons. The van der Waals surface area contributed by atoms with Gasteiger partial charge in [0.05, 0.1) is 12.2 Å². The van der Waals surface area contributed by atoms with E-state index in [1.165, 1.54) is 32.1 Å². The van der Waals surface area contributed by atoms with Crippen molar-refractivity contribution in [1.82, 2.24) is 0 Å². The molecule has 2 atom stereocenters. The Labute approximate surface area is 106 Å². The van der Waals surface area contributed by atoms with E-state index < -0.39 is 5.54 Å². The van der Waals surface area contributed by atoms with Crippen molar-refractivity contribution >= 4 is 0 Å². The summed E-state index contributed by atoms with van der Waals surface area (Å²) in [5.74, 6) is 0. The molecule has 0 aliphatic rings. The number of nitriles is 1. The maximum absolute atomic E-state index is 8.80. The van der Waals surface area contributed by atoms with Gasteiger partial charge in [-0.25, -0.2) is 0 Å². The van der Waals surface area contributed by atoms with E-state index in [1.807, 2.05) is 6.92 Å². The summed E-state index contributed by atoms with van der Waals surface area (Å²) in [5.41, 5.74) is 5.00. The zero-order chi connectivity index (χ0) is 13.1. The number of hydrogen-bond donors (Lipinski definition) is 1. The van der Waals surface area contributed by atoms with Crippen molar-refractivity contribution in [2.75, 3.05) is 6.61 Å². The minimum absolute atomic E-state index is 0.0697. The summed E-state index contributed by atoms with van der Waals surface area (Å²) in [7, 11) is 0. The van der Waals surface area contributed by atoms with E-state index in [1.54, 1.807) is 6.92 Å². The van der Waals surface area contributed by atoms with Gasteiger partial charge in [0.2, 0.25) is 0 Å². The number of unbranched alkanes of at least 4 members (excludes halogenated alkanes) is 5. The van der Waals surface area contributed by atoms with Crippen LogP contribution in [0.5, 0.6) is 0 Å². The van der Waals surface area contributed by atoms with Crippen molar-refractivity contribution in [3.05, 3.63) is 0 Å². The van der Waals surface area contributed by atoms with Crippen LogP contribution in [-0.2, 0) is 4.74 Å². The number of nitrogens with two attached hydrogens (primary N) is 1. The summed E-state index contributed by atoms with van der Waals surface area (Å²) in [6.45, 7) is 6.75. The molecule has 0 amide bonds. The van der Waals surface area contributed by atoms with Crippen LogP contribution >= 0.6 is 0 Å². The van der Waals surface area contributed by atoms with Crippen LogP contribution in [0.3, 0.4) is 0 Å². The van der Waals surface area contributed by atoms with Crippen LogP contribution in [0.4, 0.5) is 0 Å². The first-order valence-corrected chi connectivity index (χ1v) is 6.83. The van der Waals surface area contributed by atoms with Crippen LogP contribution in [-0.4, -0.2) is 18.2 Å². The van der Waals surface area contributed by atoms with Gasteiger partial charge in [-0.05, 0) is 20.3 Å². The fourth-order valence-corrected chi connectivity index (χ4v) is 1.87. The van der Waals surface area contributed by atoms with Crippen molar-refractivity contribution < 1.29 is 4.74 Å². The smallest absolute Gasteiger partial charge is 0.103 e. The zero-order valence-electron chi connectivity index (χ0n) is 11.7. The molecule has 0 saturated carbocycles. The molecule has 0 aliphatic carbocycles. The molecular formula is C14H28N2O. The molecule has 0 spiro atoms. The topological polar surface area (TPSA) is 59.0 Å². The quantitative estimate of drug-likeness (QED) is 0.595. The lowest BCUT2D eigenvalue weighted by Gasteiger charge is -2.20. The third-order valence-corrected chi connectivity index (χ3v) is 2.87. The predicted molar refractivity (Wildman–Crippen MR) is 71.6 cm³/mol. The first-order chi connectivity index (χ1) is 8.02. The second-order valence-electron chi connectivity index (χ2n) is 5.18. The van der Waals surface area contributed by atoms with E-state index >= 15 is 0 Å². The van der Waals surface area contributed by atoms with E-state index in [4.69, 9.17) is 15.7 Å².